The summed E-state index contributed by atoms with van der Waals surface area (Å²) >= 11 is 0. The highest BCUT2D eigenvalue weighted by Crippen LogP contribution is 2.29. The number of hydrogen-bond donors (Lipinski definition) is 3. The Kier molecular flexibility index (Phi) is 6.56. The van der Waals surface area contributed by atoms with Crippen LogP contribution in [-0.4, -0.2) is 34.3 Å². The van der Waals surface area contributed by atoms with Crippen LogP contribution in [-0.2, 0) is 0 Å². The predicted octanol–water partition coefficient (Wildman–Crippen LogP) is 2.60. The molecule has 3 N–H and O–H groups in total. The molecule has 5 heteroatoms. The first kappa shape index (κ1) is 15.7. The van der Waals surface area contributed by atoms with Gasteiger partial charge in [-0.3, -0.25) is 0 Å². The van der Waals surface area contributed by atoms with Crippen molar-refractivity contribution in [3.8, 4) is 0 Å². The number of aromatic nitrogens is 2. The molecule has 1 heterocycles. The fourth-order valence-corrected chi connectivity index (χ4v) is 2.09. The highest BCUT2D eigenvalue weighted by molar-refractivity contribution is 5.59. The molecule has 0 bridgehead atoms. The van der Waals surface area contributed by atoms with Gasteiger partial charge in [0.2, 0.25) is 0 Å². The van der Waals surface area contributed by atoms with Crippen LogP contribution in [0.3, 0.4) is 0 Å². The highest BCUT2D eigenvalue weighted by Gasteiger charge is 2.16. The van der Waals surface area contributed by atoms with Gasteiger partial charge in [0.05, 0.1) is 0 Å². The van der Waals surface area contributed by atoms with Crippen LogP contribution in [0.25, 0.3) is 0 Å². The molecule has 1 rings (SSSR count). The standard InChI is InChI=1S/C14H26N4O/c1-5-11(7-8-19)18-14-12(10(3)4)13(15-6-2)16-9-17-14/h9-11,19H,5-8H2,1-4H3,(H2,15,16,17,18). The van der Waals surface area contributed by atoms with Crippen LogP contribution in [0.1, 0.15) is 52.0 Å². The second-order valence-electron chi connectivity index (χ2n) is 4.93. The van der Waals surface area contributed by atoms with Gasteiger partial charge >= 0.3 is 0 Å². The summed E-state index contributed by atoms with van der Waals surface area (Å²) in [5, 5.41) is 15.8. The molecule has 0 radical (unpaired) electrons. The van der Waals surface area contributed by atoms with Crippen LogP contribution in [0.5, 0.6) is 0 Å². The minimum atomic E-state index is 0.188. The first-order valence-corrected chi connectivity index (χ1v) is 7.10. The highest BCUT2D eigenvalue weighted by atomic mass is 16.3. The molecule has 0 aliphatic heterocycles. The number of aliphatic hydroxyl groups excluding tert-OH is 1. The average molecular weight is 266 g/mol. The van der Waals surface area contributed by atoms with Crippen LogP contribution >= 0.6 is 0 Å². The SMILES string of the molecule is CCNc1ncnc(NC(CC)CCO)c1C(C)C. The van der Waals surface area contributed by atoms with E-state index in [-0.39, 0.29) is 12.6 Å². The maximum absolute atomic E-state index is 9.08. The van der Waals surface area contributed by atoms with Gasteiger partial charge in [-0.05, 0) is 25.7 Å². The largest absolute Gasteiger partial charge is 0.396 e. The Bertz CT molecular complexity index is 382. The van der Waals surface area contributed by atoms with Crippen LogP contribution in [0.4, 0.5) is 11.6 Å². The van der Waals surface area contributed by atoms with Gasteiger partial charge in [0.1, 0.15) is 18.0 Å². The van der Waals surface area contributed by atoms with Gasteiger partial charge in [0, 0.05) is 24.8 Å². The second-order valence-corrected chi connectivity index (χ2v) is 4.93. The molecule has 1 aromatic rings. The lowest BCUT2D eigenvalue weighted by molar-refractivity contribution is 0.278. The van der Waals surface area contributed by atoms with E-state index in [1.165, 1.54) is 0 Å². The van der Waals surface area contributed by atoms with E-state index in [2.05, 4.69) is 48.3 Å². The number of nitrogens with zero attached hydrogens (tertiary/aromatic N) is 2. The summed E-state index contributed by atoms with van der Waals surface area (Å²) in [7, 11) is 0. The van der Waals surface area contributed by atoms with E-state index in [1.54, 1.807) is 6.33 Å². The van der Waals surface area contributed by atoms with Crippen molar-refractivity contribution in [1.29, 1.82) is 0 Å². The Hall–Kier alpha value is -1.36. The summed E-state index contributed by atoms with van der Waals surface area (Å²) < 4.78 is 0. The van der Waals surface area contributed by atoms with Crippen molar-refractivity contribution < 1.29 is 5.11 Å². The molecule has 1 aromatic heterocycles. The van der Waals surface area contributed by atoms with Gasteiger partial charge in [-0.1, -0.05) is 20.8 Å². The molecular formula is C14H26N4O. The van der Waals surface area contributed by atoms with Crippen molar-refractivity contribution in [1.82, 2.24) is 9.97 Å². The summed E-state index contributed by atoms with van der Waals surface area (Å²) in [6.07, 6.45) is 3.27. The normalized spacial score (nSPS) is 12.5. The molecule has 0 aliphatic rings. The minimum absolute atomic E-state index is 0.188. The third-order valence-corrected chi connectivity index (χ3v) is 3.12. The number of anilines is 2. The molecular weight excluding hydrogens is 240 g/mol. The lowest BCUT2D eigenvalue weighted by Crippen LogP contribution is -2.22. The first-order chi connectivity index (χ1) is 9.13. The molecule has 0 aromatic carbocycles. The van der Waals surface area contributed by atoms with E-state index in [0.29, 0.717) is 5.92 Å². The van der Waals surface area contributed by atoms with Crippen molar-refractivity contribution in [2.24, 2.45) is 0 Å². The Balaban J connectivity index is 3.01. The predicted molar refractivity (Wildman–Crippen MR) is 79.7 cm³/mol. The molecule has 108 valence electrons. The minimum Gasteiger partial charge on any atom is -0.396 e. The van der Waals surface area contributed by atoms with E-state index < -0.39 is 0 Å². The average Bonchev–Trinajstić information content (AvgIpc) is 2.38. The Morgan fingerprint density at radius 1 is 1.21 bits per heavy atom. The van der Waals surface area contributed by atoms with Gasteiger partial charge in [0.25, 0.3) is 0 Å². The summed E-state index contributed by atoms with van der Waals surface area (Å²) in [6, 6.07) is 0.242. The molecule has 0 saturated heterocycles. The first-order valence-electron chi connectivity index (χ1n) is 7.10. The molecule has 0 fully saturated rings. The molecule has 5 nitrogen and oxygen atoms in total. The summed E-state index contributed by atoms with van der Waals surface area (Å²) in [5.74, 6) is 2.11. The summed E-state index contributed by atoms with van der Waals surface area (Å²) in [6.45, 7) is 9.46. The zero-order valence-electron chi connectivity index (χ0n) is 12.4. The van der Waals surface area contributed by atoms with Gasteiger partial charge in [-0.25, -0.2) is 9.97 Å². The van der Waals surface area contributed by atoms with E-state index in [9.17, 15) is 0 Å². The van der Waals surface area contributed by atoms with Crippen LogP contribution in [0, 0.1) is 0 Å². The maximum Gasteiger partial charge on any atom is 0.135 e. The third-order valence-electron chi connectivity index (χ3n) is 3.12. The quantitative estimate of drug-likeness (QED) is 0.674. The van der Waals surface area contributed by atoms with Crippen molar-refractivity contribution in [3.63, 3.8) is 0 Å². The molecule has 1 unspecified atom stereocenters. The number of hydrogen-bond acceptors (Lipinski definition) is 5. The van der Waals surface area contributed by atoms with E-state index >= 15 is 0 Å². The van der Waals surface area contributed by atoms with Gasteiger partial charge in [-0.15, -0.1) is 0 Å². The van der Waals surface area contributed by atoms with Crippen LogP contribution in [0.15, 0.2) is 6.33 Å². The summed E-state index contributed by atoms with van der Waals surface area (Å²) in [4.78, 5) is 8.69. The maximum atomic E-state index is 9.08. The van der Waals surface area contributed by atoms with E-state index in [0.717, 1.165) is 36.6 Å². The third kappa shape index (κ3) is 4.35. The Morgan fingerprint density at radius 2 is 1.89 bits per heavy atom. The van der Waals surface area contributed by atoms with Crippen molar-refractivity contribution >= 4 is 11.6 Å². The topological polar surface area (TPSA) is 70.1 Å². The van der Waals surface area contributed by atoms with Crippen LogP contribution in [0.2, 0.25) is 0 Å². The van der Waals surface area contributed by atoms with Gasteiger partial charge in [-0.2, -0.15) is 0 Å². The van der Waals surface area contributed by atoms with E-state index in [1.807, 2.05) is 0 Å². The molecule has 0 spiro atoms. The van der Waals surface area contributed by atoms with E-state index in [4.69, 9.17) is 5.11 Å². The van der Waals surface area contributed by atoms with Crippen molar-refractivity contribution in [2.45, 2.75) is 52.5 Å². The van der Waals surface area contributed by atoms with Gasteiger partial charge < -0.3 is 15.7 Å². The van der Waals surface area contributed by atoms with Crippen LogP contribution < -0.4 is 10.6 Å². The van der Waals surface area contributed by atoms with Crippen molar-refractivity contribution in [2.75, 3.05) is 23.8 Å². The Labute approximate surface area is 115 Å². The lowest BCUT2D eigenvalue weighted by Gasteiger charge is -2.21. The van der Waals surface area contributed by atoms with Crippen molar-refractivity contribution in [3.05, 3.63) is 11.9 Å². The molecule has 0 amide bonds. The summed E-state index contributed by atoms with van der Waals surface area (Å²) in [5.41, 5.74) is 1.11. The zero-order valence-corrected chi connectivity index (χ0v) is 12.4. The molecule has 19 heavy (non-hydrogen) atoms. The molecule has 1 atom stereocenters. The second kappa shape index (κ2) is 7.94. The number of aliphatic hydroxyl groups is 1. The zero-order chi connectivity index (χ0) is 14.3. The monoisotopic (exact) mass is 266 g/mol. The van der Waals surface area contributed by atoms with Gasteiger partial charge in [0.15, 0.2) is 0 Å². The molecule has 0 aliphatic carbocycles. The smallest absolute Gasteiger partial charge is 0.135 e. The fourth-order valence-electron chi connectivity index (χ4n) is 2.09. The fraction of sp³-hybridized carbons (Fsp3) is 0.714. The molecule has 0 saturated carbocycles. The number of rotatable bonds is 8. The lowest BCUT2D eigenvalue weighted by atomic mass is 10.0. The number of nitrogens with one attached hydrogen (secondary N) is 2. The Morgan fingerprint density at radius 3 is 2.42 bits per heavy atom.